The van der Waals surface area contributed by atoms with Gasteiger partial charge in [0.2, 0.25) is 0 Å². The molecule has 3 aromatic rings. The summed E-state index contributed by atoms with van der Waals surface area (Å²) in [6, 6.07) is 9.73. The van der Waals surface area contributed by atoms with Crippen molar-refractivity contribution in [3.05, 3.63) is 54.0 Å². The van der Waals surface area contributed by atoms with Crippen LogP contribution in [0.25, 0.3) is 11.0 Å². The van der Waals surface area contributed by atoms with Crippen molar-refractivity contribution in [2.75, 3.05) is 25.0 Å². The van der Waals surface area contributed by atoms with Crippen LogP contribution in [0.1, 0.15) is 34.8 Å². The second kappa shape index (κ2) is 6.55. The molecular weight excluding hydrogens is 314 g/mol. The molecule has 128 valence electrons. The Hall–Kier alpha value is -2.89. The van der Waals surface area contributed by atoms with Gasteiger partial charge in [0.05, 0.1) is 0 Å². The van der Waals surface area contributed by atoms with Crippen LogP contribution in [0.5, 0.6) is 0 Å². The highest BCUT2D eigenvalue weighted by atomic mass is 16.1. The van der Waals surface area contributed by atoms with E-state index in [0.717, 1.165) is 37.4 Å². The normalized spacial score (nSPS) is 15.5. The number of aromatic nitrogens is 3. The van der Waals surface area contributed by atoms with Crippen LogP contribution < -0.4 is 10.2 Å². The van der Waals surface area contributed by atoms with Gasteiger partial charge in [-0.1, -0.05) is 6.07 Å². The first kappa shape index (κ1) is 15.6. The monoisotopic (exact) mass is 335 g/mol. The molecule has 6 heteroatoms. The topological polar surface area (TPSA) is 73.9 Å². The van der Waals surface area contributed by atoms with E-state index >= 15 is 0 Å². The van der Waals surface area contributed by atoms with E-state index in [2.05, 4.69) is 37.4 Å². The van der Waals surface area contributed by atoms with Gasteiger partial charge < -0.3 is 15.2 Å². The second-order valence-electron chi connectivity index (χ2n) is 6.37. The van der Waals surface area contributed by atoms with E-state index in [1.807, 2.05) is 24.4 Å². The average molecular weight is 335 g/mol. The molecule has 4 rings (SSSR count). The number of hydrogen-bond donors (Lipinski definition) is 2. The molecule has 1 fully saturated rings. The van der Waals surface area contributed by atoms with Crippen LogP contribution >= 0.6 is 0 Å². The minimum Gasteiger partial charge on any atom is -0.357 e. The largest absolute Gasteiger partial charge is 0.357 e. The summed E-state index contributed by atoms with van der Waals surface area (Å²) < 4.78 is 0. The van der Waals surface area contributed by atoms with Crippen LogP contribution in [0.2, 0.25) is 0 Å². The van der Waals surface area contributed by atoms with Crippen molar-refractivity contribution in [3.63, 3.8) is 0 Å². The van der Waals surface area contributed by atoms with E-state index in [1.54, 1.807) is 13.1 Å². The van der Waals surface area contributed by atoms with Crippen LogP contribution in [-0.4, -0.2) is 41.0 Å². The van der Waals surface area contributed by atoms with Crippen LogP contribution in [0, 0.1) is 0 Å². The van der Waals surface area contributed by atoms with Gasteiger partial charge in [-0.25, -0.2) is 9.97 Å². The highest BCUT2D eigenvalue weighted by Gasteiger charge is 2.24. The fraction of sp³-hybridized carbons (Fsp3) is 0.316. The van der Waals surface area contributed by atoms with Crippen LogP contribution in [0.15, 0.2) is 42.7 Å². The number of pyridine rings is 2. The molecule has 0 radical (unpaired) electrons. The smallest absolute Gasteiger partial charge is 0.269 e. The number of amides is 1. The summed E-state index contributed by atoms with van der Waals surface area (Å²) in [5.41, 5.74) is 2.78. The summed E-state index contributed by atoms with van der Waals surface area (Å²) in [6.45, 7) is 1.86. The first-order valence-electron chi connectivity index (χ1n) is 8.62. The lowest BCUT2D eigenvalue weighted by atomic mass is 9.89. The first-order chi connectivity index (χ1) is 12.3. The van der Waals surface area contributed by atoms with Gasteiger partial charge in [0.1, 0.15) is 17.2 Å². The molecule has 0 saturated carbocycles. The molecule has 1 aliphatic rings. The minimum absolute atomic E-state index is 0.150. The van der Waals surface area contributed by atoms with Crippen molar-refractivity contribution >= 4 is 22.8 Å². The Labute approximate surface area is 146 Å². The summed E-state index contributed by atoms with van der Waals surface area (Å²) in [5, 5.41) is 3.85. The Balaban J connectivity index is 1.49. The zero-order chi connectivity index (χ0) is 17.2. The van der Waals surface area contributed by atoms with E-state index in [4.69, 9.17) is 0 Å². The number of nitrogens with zero attached hydrogens (tertiary/aromatic N) is 3. The number of piperidine rings is 1. The van der Waals surface area contributed by atoms with E-state index in [9.17, 15) is 4.79 Å². The number of carbonyl (C=O) groups is 1. The van der Waals surface area contributed by atoms with Gasteiger partial charge in [0.25, 0.3) is 5.91 Å². The Bertz CT molecular complexity index is 895. The summed E-state index contributed by atoms with van der Waals surface area (Å²) in [4.78, 5) is 26.2. The summed E-state index contributed by atoms with van der Waals surface area (Å²) in [5.74, 6) is 1.25. The van der Waals surface area contributed by atoms with E-state index in [1.165, 1.54) is 10.9 Å². The van der Waals surface area contributed by atoms with E-state index in [0.29, 0.717) is 11.6 Å². The fourth-order valence-electron chi connectivity index (χ4n) is 3.59. The molecule has 25 heavy (non-hydrogen) atoms. The zero-order valence-corrected chi connectivity index (χ0v) is 14.2. The van der Waals surface area contributed by atoms with Crippen molar-refractivity contribution in [1.82, 2.24) is 20.3 Å². The number of nitrogens with one attached hydrogen (secondary N) is 2. The molecule has 0 aromatic carbocycles. The predicted octanol–water partition coefficient (Wildman–Crippen LogP) is 2.70. The first-order valence-corrected chi connectivity index (χ1v) is 8.62. The third-order valence-electron chi connectivity index (χ3n) is 4.94. The van der Waals surface area contributed by atoms with Crippen molar-refractivity contribution in [3.8, 4) is 0 Å². The van der Waals surface area contributed by atoms with Gasteiger partial charge in [-0.15, -0.1) is 0 Å². The molecule has 4 heterocycles. The fourth-order valence-corrected chi connectivity index (χ4v) is 3.59. The number of carbonyl (C=O) groups excluding carboxylic acids is 1. The van der Waals surface area contributed by atoms with Crippen molar-refractivity contribution < 1.29 is 4.79 Å². The number of rotatable bonds is 3. The molecule has 0 bridgehead atoms. The standard InChI is InChI=1S/C19H21N5O/c1-20-19(25)16-5-2-6-17(23-16)24-10-7-13(8-11-24)15-12-22-18-14(15)4-3-9-21-18/h2-6,9,12-13H,7-8,10-11H2,1H3,(H,20,25)(H,21,22). The molecule has 0 spiro atoms. The van der Waals surface area contributed by atoms with E-state index in [-0.39, 0.29) is 5.91 Å². The number of anilines is 1. The van der Waals surface area contributed by atoms with E-state index < -0.39 is 0 Å². The molecule has 1 aliphatic heterocycles. The number of aromatic amines is 1. The van der Waals surface area contributed by atoms with Crippen molar-refractivity contribution in [2.45, 2.75) is 18.8 Å². The van der Waals surface area contributed by atoms with Gasteiger partial charge in [0.15, 0.2) is 0 Å². The summed E-state index contributed by atoms with van der Waals surface area (Å²) in [6.07, 6.45) is 6.04. The summed E-state index contributed by atoms with van der Waals surface area (Å²) in [7, 11) is 1.62. The zero-order valence-electron chi connectivity index (χ0n) is 14.2. The van der Waals surface area contributed by atoms with Crippen LogP contribution in [0.4, 0.5) is 5.82 Å². The Kier molecular flexibility index (Phi) is 4.09. The third kappa shape index (κ3) is 2.95. The van der Waals surface area contributed by atoms with Crippen LogP contribution in [0.3, 0.4) is 0 Å². The quantitative estimate of drug-likeness (QED) is 0.772. The highest BCUT2D eigenvalue weighted by Crippen LogP contribution is 2.33. The molecule has 1 amide bonds. The molecule has 0 atom stereocenters. The Morgan fingerprint density at radius 2 is 2.08 bits per heavy atom. The molecule has 0 unspecified atom stereocenters. The molecule has 6 nitrogen and oxygen atoms in total. The predicted molar refractivity (Wildman–Crippen MR) is 97.9 cm³/mol. The maximum atomic E-state index is 11.8. The molecule has 1 saturated heterocycles. The SMILES string of the molecule is CNC(=O)c1cccc(N2CCC(c3c[nH]c4ncccc34)CC2)n1. The van der Waals surface area contributed by atoms with Gasteiger partial charge in [0, 0.05) is 37.9 Å². The van der Waals surface area contributed by atoms with Gasteiger partial charge >= 0.3 is 0 Å². The third-order valence-corrected chi connectivity index (χ3v) is 4.94. The summed E-state index contributed by atoms with van der Waals surface area (Å²) >= 11 is 0. The lowest BCUT2D eigenvalue weighted by molar-refractivity contribution is 0.0958. The van der Waals surface area contributed by atoms with Gasteiger partial charge in [-0.3, -0.25) is 4.79 Å². The van der Waals surface area contributed by atoms with Crippen LogP contribution in [-0.2, 0) is 0 Å². The number of H-pyrrole nitrogens is 1. The minimum atomic E-state index is -0.150. The van der Waals surface area contributed by atoms with Gasteiger partial charge in [-0.05, 0) is 48.6 Å². The van der Waals surface area contributed by atoms with Crippen molar-refractivity contribution in [2.24, 2.45) is 0 Å². The van der Waals surface area contributed by atoms with Crippen molar-refractivity contribution in [1.29, 1.82) is 0 Å². The highest BCUT2D eigenvalue weighted by molar-refractivity contribution is 5.92. The molecule has 2 N–H and O–H groups in total. The Morgan fingerprint density at radius 3 is 2.88 bits per heavy atom. The maximum Gasteiger partial charge on any atom is 0.269 e. The number of hydrogen-bond acceptors (Lipinski definition) is 4. The lowest BCUT2D eigenvalue weighted by Gasteiger charge is -2.33. The maximum absolute atomic E-state index is 11.8. The van der Waals surface area contributed by atoms with Gasteiger partial charge in [-0.2, -0.15) is 0 Å². The Morgan fingerprint density at radius 1 is 1.24 bits per heavy atom. The molecule has 0 aliphatic carbocycles. The molecular formula is C19H21N5O. The average Bonchev–Trinajstić information content (AvgIpc) is 3.12. The number of fused-ring (bicyclic) bond motifs is 1. The second-order valence-corrected chi connectivity index (χ2v) is 6.37. The molecule has 3 aromatic heterocycles. The lowest BCUT2D eigenvalue weighted by Crippen LogP contribution is -2.34.